The van der Waals surface area contributed by atoms with Crippen LogP contribution < -0.4 is 0 Å². The van der Waals surface area contributed by atoms with Gasteiger partial charge in [0, 0.05) is 20.0 Å². The van der Waals surface area contributed by atoms with Gasteiger partial charge in [0.15, 0.2) is 5.82 Å². The molecule has 70 valence electrons. The molecule has 0 amide bonds. The van der Waals surface area contributed by atoms with Crippen molar-refractivity contribution in [2.75, 3.05) is 6.54 Å². The van der Waals surface area contributed by atoms with Gasteiger partial charge in [-0.2, -0.15) is 0 Å². The van der Waals surface area contributed by atoms with Crippen LogP contribution in [0.1, 0.15) is 18.7 Å². The molecule has 0 unspecified atom stereocenters. The Balaban J connectivity index is 2.06. The first-order valence-electron chi connectivity index (χ1n) is 4.31. The second-order valence-electron chi connectivity index (χ2n) is 3.19. The van der Waals surface area contributed by atoms with Crippen LogP contribution in [0.4, 0.5) is 0 Å². The van der Waals surface area contributed by atoms with Gasteiger partial charge in [-0.15, -0.1) is 5.10 Å². The highest BCUT2D eigenvalue weighted by molar-refractivity contribution is 5.80. The maximum atomic E-state index is 7.63. The fourth-order valence-electron chi connectivity index (χ4n) is 1.46. The third kappa shape index (κ3) is 1.51. The lowest BCUT2D eigenvalue weighted by atomic mass is 10.4. The molecule has 1 saturated heterocycles. The zero-order valence-corrected chi connectivity index (χ0v) is 7.56. The van der Waals surface area contributed by atoms with Gasteiger partial charge in [0.2, 0.25) is 0 Å². The molecule has 1 aliphatic heterocycles. The van der Waals surface area contributed by atoms with Gasteiger partial charge in [0.05, 0.1) is 12.4 Å². The van der Waals surface area contributed by atoms with E-state index in [1.54, 1.807) is 4.68 Å². The Bertz CT molecular complexity index is 317. The van der Waals surface area contributed by atoms with E-state index in [0.29, 0.717) is 12.4 Å². The monoisotopic (exact) mass is 180 g/mol. The normalized spacial score (nSPS) is 17.0. The summed E-state index contributed by atoms with van der Waals surface area (Å²) in [5, 5.41) is 18.8. The van der Waals surface area contributed by atoms with Crippen LogP contribution in [0.5, 0.6) is 0 Å². The number of rotatable bonds is 2. The summed E-state index contributed by atoms with van der Waals surface area (Å²) in [4.78, 5) is 2.01. The Morgan fingerprint density at radius 2 is 2.38 bits per heavy atom. The van der Waals surface area contributed by atoms with Crippen molar-refractivity contribution in [3.63, 3.8) is 0 Å². The molecule has 0 aromatic carbocycles. The number of nitrogens with zero attached hydrogens (tertiary/aromatic N) is 5. The summed E-state index contributed by atoms with van der Waals surface area (Å²) in [6, 6.07) is 0. The zero-order chi connectivity index (χ0) is 9.26. The minimum absolute atomic E-state index is 0.655. The van der Waals surface area contributed by atoms with Crippen LogP contribution in [-0.2, 0) is 13.6 Å². The quantitative estimate of drug-likeness (QED) is 0.683. The van der Waals surface area contributed by atoms with E-state index in [-0.39, 0.29) is 0 Å². The van der Waals surface area contributed by atoms with Crippen LogP contribution in [0.2, 0.25) is 0 Å². The summed E-state index contributed by atoms with van der Waals surface area (Å²) in [6.07, 6.45) is 1.95. The standard InChI is InChI=1S/C7H12N6/c1-12-7(9-10-11-12)5-13-4-2-3-6(13)8/h8H,2-5H2,1H3. The number of aromatic nitrogens is 4. The first-order valence-corrected chi connectivity index (χ1v) is 4.31. The number of hydrogen-bond acceptors (Lipinski definition) is 4. The maximum absolute atomic E-state index is 7.63. The van der Waals surface area contributed by atoms with Gasteiger partial charge in [0.25, 0.3) is 0 Å². The van der Waals surface area contributed by atoms with Crippen molar-refractivity contribution >= 4 is 5.84 Å². The largest absolute Gasteiger partial charge is 0.353 e. The Morgan fingerprint density at radius 1 is 1.54 bits per heavy atom. The lowest BCUT2D eigenvalue weighted by Gasteiger charge is -2.15. The summed E-state index contributed by atoms with van der Waals surface area (Å²) in [5.74, 6) is 1.51. The van der Waals surface area contributed by atoms with Crippen LogP contribution in [0.3, 0.4) is 0 Å². The van der Waals surface area contributed by atoms with Gasteiger partial charge in [-0.25, -0.2) is 4.68 Å². The van der Waals surface area contributed by atoms with E-state index in [1.807, 2.05) is 11.9 Å². The lowest BCUT2D eigenvalue weighted by molar-refractivity contribution is 0.422. The third-order valence-corrected chi connectivity index (χ3v) is 2.26. The number of likely N-dealkylation sites (tertiary alicyclic amines) is 1. The predicted molar refractivity (Wildman–Crippen MR) is 46.2 cm³/mol. The summed E-state index contributed by atoms with van der Waals surface area (Å²) in [5.41, 5.74) is 0. The van der Waals surface area contributed by atoms with E-state index in [4.69, 9.17) is 5.41 Å². The highest BCUT2D eigenvalue weighted by atomic mass is 15.5. The van der Waals surface area contributed by atoms with Crippen molar-refractivity contribution < 1.29 is 0 Å². The average molecular weight is 180 g/mol. The Labute approximate surface area is 76.0 Å². The summed E-state index contributed by atoms with van der Waals surface area (Å²) < 4.78 is 1.64. The Kier molecular flexibility index (Phi) is 1.96. The molecule has 1 N–H and O–H groups in total. The van der Waals surface area contributed by atoms with Crippen LogP contribution in [0.25, 0.3) is 0 Å². The summed E-state index contributed by atoms with van der Waals surface area (Å²) in [6.45, 7) is 1.61. The van der Waals surface area contributed by atoms with E-state index in [9.17, 15) is 0 Å². The zero-order valence-electron chi connectivity index (χ0n) is 7.56. The molecule has 6 nitrogen and oxygen atoms in total. The first kappa shape index (κ1) is 8.15. The molecule has 0 saturated carbocycles. The first-order chi connectivity index (χ1) is 6.27. The molecule has 0 atom stereocenters. The second kappa shape index (κ2) is 3.12. The van der Waals surface area contributed by atoms with Gasteiger partial charge >= 0.3 is 0 Å². The number of tetrazole rings is 1. The van der Waals surface area contributed by atoms with Gasteiger partial charge in [0.1, 0.15) is 0 Å². The molecule has 1 aromatic heterocycles. The van der Waals surface area contributed by atoms with Crippen LogP contribution in [0.15, 0.2) is 0 Å². The van der Waals surface area contributed by atoms with Crippen molar-refractivity contribution in [2.24, 2.45) is 7.05 Å². The summed E-state index contributed by atoms with van der Waals surface area (Å²) >= 11 is 0. The van der Waals surface area contributed by atoms with Crippen molar-refractivity contribution in [1.29, 1.82) is 5.41 Å². The maximum Gasteiger partial charge on any atom is 0.170 e. The van der Waals surface area contributed by atoms with Gasteiger partial charge in [-0.3, -0.25) is 5.41 Å². The summed E-state index contributed by atoms with van der Waals surface area (Å²) in [7, 11) is 1.81. The highest BCUT2D eigenvalue weighted by Crippen LogP contribution is 2.12. The molecule has 0 spiro atoms. The Morgan fingerprint density at radius 3 is 2.92 bits per heavy atom. The molecule has 2 heterocycles. The lowest BCUT2D eigenvalue weighted by Crippen LogP contribution is -2.25. The van der Waals surface area contributed by atoms with Gasteiger partial charge in [-0.1, -0.05) is 0 Å². The molecule has 13 heavy (non-hydrogen) atoms. The average Bonchev–Trinajstić information content (AvgIpc) is 2.65. The SMILES string of the molecule is Cn1nnnc1CN1CCCC1=N. The van der Waals surface area contributed by atoms with Gasteiger partial charge < -0.3 is 4.90 Å². The molecule has 0 radical (unpaired) electrons. The molecule has 0 aliphatic carbocycles. The minimum atomic E-state index is 0.655. The Hall–Kier alpha value is -1.46. The predicted octanol–water partition coefficient (Wildman–Crippen LogP) is -0.217. The third-order valence-electron chi connectivity index (χ3n) is 2.26. The number of aryl methyl sites for hydroxylation is 1. The number of nitrogens with one attached hydrogen (secondary N) is 1. The molecular weight excluding hydrogens is 168 g/mol. The van der Waals surface area contributed by atoms with Crippen molar-refractivity contribution in [3.05, 3.63) is 5.82 Å². The number of amidine groups is 1. The van der Waals surface area contributed by atoms with Crippen LogP contribution in [-0.4, -0.2) is 37.5 Å². The topological polar surface area (TPSA) is 70.7 Å². The van der Waals surface area contributed by atoms with E-state index < -0.39 is 0 Å². The molecule has 2 rings (SSSR count). The van der Waals surface area contributed by atoms with E-state index in [1.165, 1.54) is 0 Å². The molecule has 1 aromatic rings. The van der Waals surface area contributed by atoms with Crippen LogP contribution >= 0.6 is 0 Å². The van der Waals surface area contributed by atoms with Crippen molar-refractivity contribution in [2.45, 2.75) is 19.4 Å². The van der Waals surface area contributed by atoms with E-state index >= 15 is 0 Å². The van der Waals surface area contributed by atoms with E-state index in [2.05, 4.69) is 15.5 Å². The van der Waals surface area contributed by atoms with E-state index in [0.717, 1.165) is 25.2 Å². The molecular formula is C7H12N6. The fourth-order valence-corrected chi connectivity index (χ4v) is 1.46. The second-order valence-corrected chi connectivity index (χ2v) is 3.19. The molecule has 6 heteroatoms. The smallest absolute Gasteiger partial charge is 0.170 e. The van der Waals surface area contributed by atoms with Crippen LogP contribution in [0, 0.1) is 5.41 Å². The van der Waals surface area contributed by atoms with Crippen molar-refractivity contribution in [3.8, 4) is 0 Å². The fraction of sp³-hybridized carbons (Fsp3) is 0.714. The number of hydrogen-bond donors (Lipinski definition) is 1. The van der Waals surface area contributed by atoms with Gasteiger partial charge in [-0.05, 0) is 16.8 Å². The van der Waals surface area contributed by atoms with Crippen molar-refractivity contribution in [1.82, 2.24) is 25.1 Å². The minimum Gasteiger partial charge on any atom is -0.353 e. The highest BCUT2D eigenvalue weighted by Gasteiger charge is 2.18. The molecule has 0 bridgehead atoms. The molecule has 1 aliphatic rings. The molecule has 1 fully saturated rings.